The van der Waals surface area contributed by atoms with Gasteiger partial charge in [-0.3, -0.25) is 9.78 Å². The first-order chi connectivity index (χ1) is 9.83. The maximum Gasteiger partial charge on any atom is 0.243 e. The zero-order valence-electron chi connectivity index (χ0n) is 11.8. The molecule has 0 radical (unpaired) electrons. The number of unbranched alkanes of at least 4 members (excludes halogenated alkanes) is 5. The molecule has 4 nitrogen and oxygen atoms in total. The highest BCUT2D eigenvalue weighted by atomic mass is 16.1. The first-order valence-electron chi connectivity index (χ1n) is 7.12. The molecular formula is C16H22N2O2. The summed E-state index contributed by atoms with van der Waals surface area (Å²) in [6, 6.07) is 3.73. The number of hydrogen-bond acceptors (Lipinski definition) is 3. The van der Waals surface area contributed by atoms with Gasteiger partial charge in [-0.1, -0.05) is 25.3 Å². The number of pyridine rings is 1. The van der Waals surface area contributed by atoms with Gasteiger partial charge in [0.15, 0.2) is 0 Å². The molecule has 0 aliphatic carbocycles. The van der Waals surface area contributed by atoms with E-state index in [4.69, 9.17) is 0 Å². The van der Waals surface area contributed by atoms with Gasteiger partial charge in [-0.05, 0) is 30.5 Å². The molecule has 0 saturated heterocycles. The van der Waals surface area contributed by atoms with Gasteiger partial charge in [0.1, 0.15) is 6.29 Å². The van der Waals surface area contributed by atoms with Gasteiger partial charge in [-0.25, -0.2) is 0 Å². The molecule has 0 saturated carbocycles. The monoisotopic (exact) mass is 274 g/mol. The summed E-state index contributed by atoms with van der Waals surface area (Å²) in [6.45, 7) is 0.698. The summed E-state index contributed by atoms with van der Waals surface area (Å²) in [5.41, 5.74) is 0.915. The average Bonchev–Trinajstić information content (AvgIpc) is 2.49. The van der Waals surface area contributed by atoms with Crippen LogP contribution in [0, 0.1) is 0 Å². The minimum atomic E-state index is -0.0743. The van der Waals surface area contributed by atoms with Crippen LogP contribution in [0.2, 0.25) is 0 Å². The summed E-state index contributed by atoms with van der Waals surface area (Å²) in [6.07, 6.45) is 13.6. The van der Waals surface area contributed by atoms with E-state index in [2.05, 4.69) is 10.3 Å². The molecule has 0 bridgehead atoms. The molecule has 108 valence electrons. The number of hydrogen-bond donors (Lipinski definition) is 1. The summed E-state index contributed by atoms with van der Waals surface area (Å²) in [7, 11) is 0. The molecule has 0 fully saturated rings. The molecule has 4 heteroatoms. The van der Waals surface area contributed by atoms with Crippen LogP contribution in [0.1, 0.15) is 44.1 Å². The third kappa shape index (κ3) is 8.19. The Kier molecular flexibility index (Phi) is 8.77. The van der Waals surface area contributed by atoms with E-state index >= 15 is 0 Å². The average molecular weight is 274 g/mol. The molecule has 0 aliphatic heterocycles. The molecule has 1 aromatic rings. The van der Waals surface area contributed by atoms with Crippen molar-refractivity contribution in [2.24, 2.45) is 0 Å². The van der Waals surface area contributed by atoms with E-state index in [9.17, 15) is 9.59 Å². The number of carbonyl (C=O) groups excluding carboxylic acids is 2. The SMILES string of the molecule is O=CCCCCCCCNC(=O)/C=C/c1cccnc1. The largest absolute Gasteiger partial charge is 0.353 e. The Hall–Kier alpha value is -1.97. The minimum Gasteiger partial charge on any atom is -0.353 e. The molecule has 1 heterocycles. The van der Waals surface area contributed by atoms with E-state index in [-0.39, 0.29) is 5.91 Å². The zero-order valence-corrected chi connectivity index (χ0v) is 11.8. The molecule has 0 aliphatic rings. The van der Waals surface area contributed by atoms with Gasteiger partial charge in [-0.2, -0.15) is 0 Å². The molecule has 1 amide bonds. The lowest BCUT2D eigenvalue weighted by molar-refractivity contribution is -0.116. The van der Waals surface area contributed by atoms with Crippen molar-refractivity contribution in [1.82, 2.24) is 10.3 Å². The Morgan fingerprint density at radius 1 is 1.20 bits per heavy atom. The summed E-state index contributed by atoms with van der Waals surface area (Å²) in [5, 5.41) is 2.85. The Balaban J connectivity index is 2.03. The standard InChI is InChI=1S/C16H22N2O2/c19-13-6-4-2-1-3-5-12-18-16(20)10-9-15-8-7-11-17-14-15/h7-11,13-14H,1-6,12H2,(H,18,20)/b10-9+. The second-order valence-corrected chi connectivity index (χ2v) is 4.63. The highest BCUT2D eigenvalue weighted by Gasteiger charge is 1.95. The maximum absolute atomic E-state index is 11.5. The zero-order chi connectivity index (χ0) is 14.5. The van der Waals surface area contributed by atoms with E-state index in [1.165, 1.54) is 6.08 Å². The number of carbonyl (C=O) groups is 2. The molecule has 1 N–H and O–H groups in total. The maximum atomic E-state index is 11.5. The van der Waals surface area contributed by atoms with Crippen LogP contribution in [0.4, 0.5) is 0 Å². The smallest absolute Gasteiger partial charge is 0.243 e. The lowest BCUT2D eigenvalue weighted by Crippen LogP contribution is -2.21. The van der Waals surface area contributed by atoms with E-state index in [1.807, 2.05) is 12.1 Å². The fourth-order valence-electron chi connectivity index (χ4n) is 1.80. The quantitative estimate of drug-likeness (QED) is 0.405. The molecule has 0 unspecified atom stereocenters. The molecular weight excluding hydrogens is 252 g/mol. The van der Waals surface area contributed by atoms with Crippen molar-refractivity contribution in [1.29, 1.82) is 0 Å². The molecule has 20 heavy (non-hydrogen) atoms. The van der Waals surface area contributed by atoms with Gasteiger partial charge in [0.2, 0.25) is 5.91 Å². The van der Waals surface area contributed by atoms with Crippen molar-refractivity contribution >= 4 is 18.3 Å². The lowest BCUT2D eigenvalue weighted by Gasteiger charge is -2.02. The first-order valence-corrected chi connectivity index (χ1v) is 7.12. The number of amides is 1. The van der Waals surface area contributed by atoms with Crippen LogP contribution in [0.3, 0.4) is 0 Å². The van der Waals surface area contributed by atoms with Gasteiger partial charge in [-0.15, -0.1) is 0 Å². The molecule has 0 atom stereocenters. The number of nitrogens with zero attached hydrogens (tertiary/aromatic N) is 1. The van der Waals surface area contributed by atoms with Crippen molar-refractivity contribution in [2.75, 3.05) is 6.54 Å². The molecule has 1 aromatic heterocycles. The second kappa shape index (κ2) is 10.9. The van der Waals surface area contributed by atoms with Gasteiger partial charge >= 0.3 is 0 Å². The summed E-state index contributed by atoms with van der Waals surface area (Å²) >= 11 is 0. The van der Waals surface area contributed by atoms with Gasteiger partial charge in [0.25, 0.3) is 0 Å². The van der Waals surface area contributed by atoms with Crippen LogP contribution < -0.4 is 5.32 Å². The number of aromatic nitrogens is 1. The van der Waals surface area contributed by atoms with E-state index < -0.39 is 0 Å². The van der Waals surface area contributed by atoms with Crippen LogP contribution in [-0.4, -0.2) is 23.7 Å². The van der Waals surface area contributed by atoms with E-state index in [1.54, 1.807) is 18.5 Å². The Labute approximate surface area is 120 Å². The van der Waals surface area contributed by atoms with E-state index in [0.717, 1.165) is 44.0 Å². The first kappa shape index (κ1) is 16.1. The fraction of sp³-hybridized carbons (Fsp3) is 0.438. The second-order valence-electron chi connectivity index (χ2n) is 4.63. The van der Waals surface area contributed by atoms with Crippen LogP contribution in [-0.2, 0) is 9.59 Å². The minimum absolute atomic E-state index is 0.0743. The fourth-order valence-corrected chi connectivity index (χ4v) is 1.80. The normalized spacial score (nSPS) is 10.6. The molecule has 1 rings (SSSR count). The van der Waals surface area contributed by atoms with Crippen molar-refractivity contribution < 1.29 is 9.59 Å². The number of nitrogens with one attached hydrogen (secondary N) is 1. The Bertz CT molecular complexity index is 416. The third-order valence-corrected chi connectivity index (χ3v) is 2.91. The van der Waals surface area contributed by atoms with Crippen molar-refractivity contribution in [2.45, 2.75) is 38.5 Å². The summed E-state index contributed by atoms with van der Waals surface area (Å²) in [4.78, 5) is 25.6. The van der Waals surface area contributed by atoms with Crippen LogP contribution in [0.25, 0.3) is 6.08 Å². The van der Waals surface area contributed by atoms with Gasteiger partial charge < -0.3 is 10.1 Å². The highest BCUT2D eigenvalue weighted by molar-refractivity contribution is 5.91. The Morgan fingerprint density at radius 2 is 2.00 bits per heavy atom. The number of aldehydes is 1. The van der Waals surface area contributed by atoms with Gasteiger partial charge in [0, 0.05) is 31.4 Å². The summed E-state index contributed by atoms with van der Waals surface area (Å²) < 4.78 is 0. The molecule has 0 spiro atoms. The van der Waals surface area contributed by atoms with Crippen LogP contribution in [0.15, 0.2) is 30.6 Å². The predicted molar refractivity (Wildman–Crippen MR) is 80.0 cm³/mol. The van der Waals surface area contributed by atoms with E-state index in [0.29, 0.717) is 13.0 Å². The van der Waals surface area contributed by atoms with Crippen molar-refractivity contribution in [3.63, 3.8) is 0 Å². The summed E-state index contributed by atoms with van der Waals surface area (Å²) in [5.74, 6) is -0.0743. The lowest BCUT2D eigenvalue weighted by atomic mass is 10.1. The number of rotatable bonds is 10. The highest BCUT2D eigenvalue weighted by Crippen LogP contribution is 2.03. The third-order valence-electron chi connectivity index (χ3n) is 2.91. The predicted octanol–water partition coefficient (Wildman–Crippen LogP) is 2.75. The van der Waals surface area contributed by atoms with Crippen molar-refractivity contribution in [3.05, 3.63) is 36.2 Å². The topological polar surface area (TPSA) is 59.1 Å². The van der Waals surface area contributed by atoms with Crippen LogP contribution in [0.5, 0.6) is 0 Å². The van der Waals surface area contributed by atoms with Gasteiger partial charge in [0.05, 0.1) is 0 Å². The van der Waals surface area contributed by atoms with Crippen LogP contribution >= 0.6 is 0 Å². The molecule has 0 aromatic carbocycles. The Morgan fingerprint density at radius 3 is 2.75 bits per heavy atom. The van der Waals surface area contributed by atoms with Crippen molar-refractivity contribution in [3.8, 4) is 0 Å².